The van der Waals surface area contributed by atoms with Gasteiger partial charge in [-0.25, -0.2) is 12.4 Å². The van der Waals surface area contributed by atoms with Crippen molar-refractivity contribution < 1.29 is 26.4 Å². The van der Waals surface area contributed by atoms with Crippen LogP contribution in [0.2, 0.25) is 0 Å². The lowest BCUT2D eigenvalue weighted by molar-refractivity contribution is -0.139. The first-order valence-electron chi connectivity index (χ1n) is 11.1. The summed E-state index contributed by atoms with van der Waals surface area (Å²) in [5, 5.41) is 0.486. The van der Waals surface area contributed by atoms with Gasteiger partial charge >= 0.3 is 6.18 Å². The summed E-state index contributed by atoms with van der Waals surface area (Å²) in [7, 11) is -4.61. The predicted molar refractivity (Wildman–Crippen MR) is 125 cm³/mol. The molecule has 0 unspecified atom stereocenters. The normalized spacial score (nSPS) is 16.8. The van der Waals surface area contributed by atoms with Gasteiger partial charge in [0.15, 0.2) is 6.29 Å². The smallest absolute Gasteiger partial charge is 0.298 e. The number of benzene rings is 2. The molecule has 0 spiro atoms. The van der Waals surface area contributed by atoms with Gasteiger partial charge in [0.25, 0.3) is 10.0 Å². The van der Waals surface area contributed by atoms with Gasteiger partial charge in [-0.3, -0.25) is 9.69 Å². The molecule has 9 heteroatoms. The predicted octanol–water partition coefficient (Wildman–Crippen LogP) is 5.69. The van der Waals surface area contributed by atoms with Crippen molar-refractivity contribution in [2.24, 2.45) is 0 Å². The second-order valence-corrected chi connectivity index (χ2v) is 11.5. The molecular weight excluding hydrogens is 465 g/mol. The monoisotopic (exact) mass is 492 g/mol. The number of nitrogens with zero attached hydrogens (tertiary/aromatic N) is 2. The minimum absolute atomic E-state index is 0.0359. The lowest BCUT2D eigenvalue weighted by Gasteiger charge is -2.41. The van der Waals surface area contributed by atoms with Crippen molar-refractivity contribution in [1.29, 1.82) is 0 Å². The van der Waals surface area contributed by atoms with E-state index in [-0.39, 0.29) is 22.5 Å². The van der Waals surface area contributed by atoms with E-state index in [0.29, 0.717) is 11.7 Å². The highest BCUT2D eigenvalue weighted by Crippen LogP contribution is 2.39. The highest BCUT2D eigenvalue weighted by atomic mass is 32.2. The number of fused-ring (bicyclic) bond motifs is 1. The first kappa shape index (κ1) is 24.5. The van der Waals surface area contributed by atoms with E-state index < -0.39 is 26.7 Å². The van der Waals surface area contributed by atoms with Crippen molar-refractivity contribution in [3.8, 4) is 0 Å². The summed E-state index contributed by atoms with van der Waals surface area (Å²) in [4.78, 5) is 13.5. The number of likely N-dealkylation sites (tertiary alicyclic amines) is 1. The van der Waals surface area contributed by atoms with Gasteiger partial charge in [0.05, 0.1) is 11.1 Å². The van der Waals surface area contributed by atoms with Crippen LogP contribution in [-0.2, 0) is 16.2 Å². The minimum atomic E-state index is -4.84. The molecule has 0 N–H and O–H groups in total. The molecule has 182 valence electrons. The number of hydrogen-bond acceptors (Lipinski definition) is 4. The Hall–Kier alpha value is -2.65. The average Bonchev–Trinajstić information content (AvgIpc) is 3.18. The van der Waals surface area contributed by atoms with Crippen LogP contribution in [0.5, 0.6) is 0 Å². The van der Waals surface area contributed by atoms with Gasteiger partial charge in [0.1, 0.15) is 4.90 Å². The van der Waals surface area contributed by atoms with Crippen molar-refractivity contribution >= 4 is 27.2 Å². The van der Waals surface area contributed by atoms with Gasteiger partial charge in [0, 0.05) is 22.7 Å². The van der Waals surface area contributed by atoms with E-state index >= 15 is 0 Å². The molecule has 1 aliphatic rings. The first-order valence-corrected chi connectivity index (χ1v) is 12.6. The van der Waals surface area contributed by atoms with Crippen molar-refractivity contribution in [3.63, 3.8) is 0 Å². The Bertz CT molecular complexity index is 1330. The van der Waals surface area contributed by atoms with Crippen LogP contribution in [0.3, 0.4) is 0 Å². The van der Waals surface area contributed by atoms with Crippen LogP contribution in [0.25, 0.3) is 10.9 Å². The van der Waals surface area contributed by atoms with Crippen molar-refractivity contribution in [3.05, 3.63) is 65.4 Å². The Kier molecular flexibility index (Phi) is 6.14. The summed E-state index contributed by atoms with van der Waals surface area (Å²) in [6, 6.07) is 9.20. The maximum absolute atomic E-state index is 13.6. The van der Waals surface area contributed by atoms with Crippen molar-refractivity contribution in [2.75, 3.05) is 13.1 Å². The number of piperidine rings is 1. The fourth-order valence-electron chi connectivity index (χ4n) is 4.84. The zero-order valence-electron chi connectivity index (χ0n) is 19.3. The first-order chi connectivity index (χ1) is 15.9. The maximum atomic E-state index is 13.6. The topological polar surface area (TPSA) is 59.4 Å². The van der Waals surface area contributed by atoms with Crippen LogP contribution in [0.1, 0.15) is 61.0 Å². The number of halogens is 3. The molecule has 0 saturated carbocycles. The van der Waals surface area contributed by atoms with Gasteiger partial charge in [0.2, 0.25) is 0 Å². The van der Waals surface area contributed by atoms with Gasteiger partial charge in [-0.1, -0.05) is 24.3 Å². The fourth-order valence-corrected chi connectivity index (χ4v) is 6.43. The van der Waals surface area contributed by atoms with Crippen LogP contribution < -0.4 is 0 Å². The molecule has 5 nitrogen and oxygen atoms in total. The van der Waals surface area contributed by atoms with E-state index in [1.54, 1.807) is 6.07 Å². The summed E-state index contributed by atoms with van der Waals surface area (Å²) in [5.74, 6) is 0.113. The molecule has 4 rings (SSSR count). The molecule has 0 atom stereocenters. The molecule has 34 heavy (non-hydrogen) atoms. The van der Waals surface area contributed by atoms with E-state index in [9.17, 15) is 26.4 Å². The van der Waals surface area contributed by atoms with E-state index in [1.807, 2.05) is 6.07 Å². The number of carbonyl (C=O) groups excluding carboxylic acids is 1. The van der Waals surface area contributed by atoms with Crippen LogP contribution in [0.15, 0.2) is 53.6 Å². The molecule has 0 amide bonds. The number of aldehydes is 1. The molecule has 0 aliphatic carbocycles. The van der Waals surface area contributed by atoms with Crippen molar-refractivity contribution in [1.82, 2.24) is 8.87 Å². The fraction of sp³-hybridized carbons (Fsp3) is 0.400. The Labute approximate surface area is 197 Å². The number of carbonyl (C=O) groups is 1. The largest absolute Gasteiger partial charge is 0.417 e. The standard InChI is InChI=1S/C25H27F3N2O3S/c1-24(2,3)29-13-11-17(12-14-29)19-7-6-9-21-23(19)18(16-31)15-30(21)34(32,33)22-10-5-4-8-20(22)25(26,27)28/h4-10,15-17H,11-14H2,1-3H3. The third kappa shape index (κ3) is 4.27. The molecule has 1 saturated heterocycles. The van der Waals surface area contributed by atoms with Crippen LogP contribution >= 0.6 is 0 Å². The molecule has 0 radical (unpaired) electrons. The third-order valence-corrected chi connectivity index (χ3v) is 8.33. The summed E-state index contributed by atoms with van der Waals surface area (Å²) < 4.78 is 68.4. The Balaban J connectivity index is 1.83. The number of rotatable bonds is 4. The van der Waals surface area contributed by atoms with Gasteiger partial charge < -0.3 is 0 Å². The zero-order chi connectivity index (χ0) is 24.9. The molecule has 2 aromatic carbocycles. The van der Waals surface area contributed by atoms with E-state index in [1.165, 1.54) is 12.1 Å². The van der Waals surface area contributed by atoms with E-state index in [4.69, 9.17) is 0 Å². The summed E-state index contributed by atoms with van der Waals surface area (Å²) in [5.41, 5.74) is 0.00183. The van der Waals surface area contributed by atoms with Gasteiger partial charge in [-0.15, -0.1) is 0 Å². The lowest BCUT2D eigenvalue weighted by Crippen LogP contribution is -2.45. The van der Waals surface area contributed by atoms with Crippen LogP contribution in [-0.4, -0.2) is 42.2 Å². The second-order valence-electron chi connectivity index (χ2n) is 9.67. The van der Waals surface area contributed by atoms with Gasteiger partial charge in [-0.2, -0.15) is 13.2 Å². The highest BCUT2D eigenvalue weighted by Gasteiger charge is 2.38. The molecule has 1 aliphatic heterocycles. The summed E-state index contributed by atoms with van der Waals surface area (Å²) in [6.07, 6.45) is -1.47. The second kappa shape index (κ2) is 8.53. The Morgan fingerprint density at radius 1 is 0.971 bits per heavy atom. The zero-order valence-corrected chi connectivity index (χ0v) is 20.1. The van der Waals surface area contributed by atoms with E-state index in [2.05, 4.69) is 25.7 Å². The minimum Gasteiger partial charge on any atom is -0.298 e. The molecule has 0 bridgehead atoms. The van der Waals surface area contributed by atoms with E-state index in [0.717, 1.165) is 59.9 Å². The third-order valence-electron chi connectivity index (χ3n) is 6.60. The number of aromatic nitrogens is 1. The Morgan fingerprint density at radius 2 is 1.62 bits per heavy atom. The van der Waals surface area contributed by atoms with Crippen LogP contribution in [0.4, 0.5) is 13.2 Å². The van der Waals surface area contributed by atoms with Crippen LogP contribution in [0, 0.1) is 0 Å². The average molecular weight is 493 g/mol. The molecule has 2 heterocycles. The Morgan fingerprint density at radius 3 is 2.21 bits per heavy atom. The highest BCUT2D eigenvalue weighted by molar-refractivity contribution is 7.90. The number of hydrogen-bond donors (Lipinski definition) is 0. The van der Waals surface area contributed by atoms with Crippen molar-refractivity contribution in [2.45, 2.75) is 56.1 Å². The lowest BCUT2D eigenvalue weighted by atomic mass is 9.85. The SMILES string of the molecule is CC(C)(C)N1CCC(c2cccc3c2c(C=O)cn3S(=O)(=O)c2ccccc2C(F)(F)F)CC1. The summed E-state index contributed by atoms with van der Waals surface area (Å²) >= 11 is 0. The van der Waals surface area contributed by atoms with Gasteiger partial charge in [-0.05, 0) is 76.4 Å². The molecular formula is C25H27F3N2O3S. The quantitative estimate of drug-likeness (QED) is 0.439. The maximum Gasteiger partial charge on any atom is 0.417 e. The molecule has 1 aromatic heterocycles. The molecule has 3 aromatic rings. The summed E-state index contributed by atoms with van der Waals surface area (Å²) in [6.45, 7) is 8.19. The number of alkyl halides is 3. The molecule has 1 fully saturated rings.